The molecule has 3 saturated heterocycles. The Kier molecular flexibility index (Phi) is 8.86. The highest BCUT2D eigenvalue weighted by molar-refractivity contribution is 7.13. The van der Waals surface area contributed by atoms with Crippen LogP contribution < -0.4 is 15.1 Å². The molecule has 3 aliphatic heterocycles. The molecule has 4 fully saturated rings. The van der Waals surface area contributed by atoms with Crippen LogP contribution in [-0.4, -0.2) is 99.0 Å². The topological polar surface area (TPSA) is 64.2 Å². The molecule has 0 unspecified atom stereocenters. The third-order valence-corrected chi connectivity index (χ3v) is 9.98. The normalized spacial score (nSPS) is 24.8. The average molecular weight is 553 g/mol. The average Bonchev–Trinajstić information content (AvgIpc) is 3.73. The number of pyridine rings is 1. The van der Waals surface area contributed by atoms with Gasteiger partial charge in [0.15, 0.2) is 0 Å². The van der Waals surface area contributed by atoms with Crippen molar-refractivity contribution in [3.05, 3.63) is 29.6 Å². The molecular formula is C30H44N6O2S. The van der Waals surface area contributed by atoms with Gasteiger partial charge < -0.3 is 24.8 Å². The van der Waals surface area contributed by atoms with Gasteiger partial charge in [0.25, 0.3) is 0 Å². The maximum Gasteiger partial charge on any atom is 0.317 e. The Morgan fingerprint density at radius 1 is 0.923 bits per heavy atom. The quantitative estimate of drug-likeness (QED) is 0.545. The summed E-state index contributed by atoms with van der Waals surface area (Å²) in [5.74, 6) is 2.98. The Morgan fingerprint density at radius 3 is 2.28 bits per heavy atom. The van der Waals surface area contributed by atoms with Gasteiger partial charge in [0.2, 0.25) is 0 Å². The molecule has 0 atom stereocenters. The molecule has 8 nitrogen and oxygen atoms in total. The molecule has 0 radical (unpaired) electrons. The minimum atomic E-state index is 0.168. The number of aromatic nitrogens is 1. The number of hydrogen-bond acceptors (Lipinski definition) is 7. The number of piperazine rings is 1. The van der Waals surface area contributed by atoms with Crippen molar-refractivity contribution in [1.82, 2.24) is 20.1 Å². The summed E-state index contributed by atoms with van der Waals surface area (Å²) in [7, 11) is 0. The van der Waals surface area contributed by atoms with Crippen LogP contribution in [0.4, 0.5) is 16.4 Å². The summed E-state index contributed by atoms with van der Waals surface area (Å²) in [6.07, 6.45) is 8.35. The highest BCUT2D eigenvalue weighted by Crippen LogP contribution is 2.32. The minimum Gasteiger partial charge on any atom is -0.378 e. The number of amides is 2. The third-order valence-electron chi connectivity index (χ3n) is 9.06. The molecule has 1 N–H and O–H groups in total. The standard InChI is InChI=1S/C30H44N6O2S/c37-30(36-10-1-2-11-36)31-26-7-5-24(6-8-26)9-12-33-13-15-34(16-14-33)28-22-25(27-4-3-21-39-27)23-29(32-28)35-17-19-38-20-18-35/h3-4,21-24,26H,1-2,5-20H2,(H,31,37)/t24-,26-. The number of likely N-dealkylation sites (tertiary alicyclic amines) is 1. The molecule has 2 amide bonds. The van der Waals surface area contributed by atoms with Crippen molar-refractivity contribution < 1.29 is 9.53 Å². The Morgan fingerprint density at radius 2 is 1.62 bits per heavy atom. The number of carbonyl (C=O) groups is 1. The van der Waals surface area contributed by atoms with Crippen LogP contribution in [0.5, 0.6) is 0 Å². The number of nitrogens with zero attached hydrogens (tertiary/aromatic N) is 5. The second-order valence-corrected chi connectivity index (χ2v) is 12.6. The van der Waals surface area contributed by atoms with Crippen molar-refractivity contribution in [2.45, 2.75) is 51.0 Å². The fourth-order valence-electron chi connectivity index (χ4n) is 6.55. The van der Waals surface area contributed by atoms with Crippen LogP contribution in [0.1, 0.15) is 44.9 Å². The lowest BCUT2D eigenvalue weighted by molar-refractivity contribution is 0.122. The van der Waals surface area contributed by atoms with Crippen LogP contribution in [0.25, 0.3) is 10.4 Å². The van der Waals surface area contributed by atoms with Crippen molar-refractivity contribution in [2.24, 2.45) is 5.92 Å². The van der Waals surface area contributed by atoms with Crippen LogP contribution in [0.3, 0.4) is 0 Å². The smallest absolute Gasteiger partial charge is 0.317 e. The number of carbonyl (C=O) groups excluding carboxylic acids is 1. The number of rotatable bonds is 7. The van der Waals surface area contributed by atoms with Crippen LogP contribution in [0.15, 0.2) is 29.6 Å². The summed E-state index contributed by atoms with van der Waals surface area (Å²) in [6.45, 7) is 10.6. The summed E-state index contributed by atoms with van der Waals surface area (Å²) in [5, 5.41) is 5.45. The fraction of sp³-hybridized carbons (Fsp3) is 0.667. The van der Waals surface area contributed by atoms with E-state index < -0.39 is 0 Å². The predicted octanol–water partition coefficient (Wildman–Crippen LogP) is 4.52. The molecule has 2 aromatic rings. The van der Waals surface area contributed by atoms with Crippen molar-refractivity contribution in [2.75, 3.05) is 81.9 Å². The van der Waals surface area contributed by atoms with Gasteiger partial charge in [-0.3, -0.25) is 4.90 Å². The number of urea groups is 1. The first-order valence-corrected chi connectivity index (χ1v) is 16.0. The highest BCUT2D eigenvalue weighted by atomic mass is 32.1. The van der Waals surface area contributed by atoms with Gasteiger partial charge in [0.1, 0.15) is 11.6 Å². The molecule has 39 heavy (non-hydrogen) atoms. The van der Waals surface area contributed by atoms with Crippen molar-refractivity contribution in [3.8, 4) is 10.4 Å². The molecule has 4 aliphatic rings. The molecule has 0 spiro atoms. The number of morpholine rings is 1. The van der Waals surface area contributed by atoms with Crippen molar-refractivity contribution >= 4 is 29.0 Å². The summed E-state index contributed by atoms with van der Waals surface area (Å²) >= 11 is 1.80. The zero-order chi connectivity index (χ0) is 26.4. The molecular weight excluding hydrogens is 508 g/mol. The van der Waals surface area contributed by atoms with Gasteiger partial charge in [-0.15, -0.1) is 11.3 Å². The first kappa shape index (κ1) is 26.8. The number of anilines is 2. The van der Waals surface area contributed by atoms with E-state index in [1.807, 2.05) is 4.90 Å². The van der Waals surface area contributed by atoms with Gasteiger partial charge in [-0.2, -0.15) is 0 Å². The Balaban J connectivity index is 0.979. The maximum atomic E-state index is 12.4. The molecule has 212 valence electrons. The number of thiophene rings is 1. The lowest BCUT2D eigenvalue weighted by Gasteiger charge is -2.37. The third kappa shape index (κ3) is 6.87. The first-order valence-electron chi connectivity index (χ1n) is 15.1. The van der Waals surface area contributed by atoms with Gasteiger partial charge in [-0.25, -0.2) is 9.78 Å². The van der Waals surface area contributed by atoms with Gasteiger partial charge in [-0.05, 0) is 86.6 Å². The second-order valence-electron chi connectivity index (χ2n) is 11.6. The highest BCUT2D eigenvalue weighted by Gasteiger charge is 2.27. The molecule has 5 heterocycles. The summed E-state index contributed by atoms with van der Waals surface area (Å²) in [5.41, 5.74) is 1.27. The second kappa shape index (κ2) is 12.9. The summed E-state index contributed by atoms with van der Waals surface area (Å²) < 4.78 is 5.59. The first-order chi connectivity index (χ1) is 19.2. The zero-order valence-corrected chi connectivity index (χ0v) is 24.0. The van der Waals surface area contributed by atoms with Crippen molar-refractivity contribution in [1.29, 1.82) is 0 Å². The Labute approximate surface area is 237 Å². The number of nitrogens with one attached hydrogen (secondary N) is 1. The van der Waals surface area contributed by atoms with E-state index in [2.05, 4.69) is 49.7 Å². The monoisotopic (exact) mass is 552 g/mol. The lowest BCUT2D eigenvalue weighted by Crippen LogP contribution is -2.47. The van der Waals surface area contributed by atoms with Gasteiger partial charge in [-0.1, -0.05) is 6.07 Å². The van der Waals surface area contributed by atoms with Crippen LogP contribution in [0.2, 0.25) is 0 Å². The molecule has 1 saturated carbocycles. The van der Waals surface area contributed by atoms with E-state index in [4.69, 9.17) is 9.72 Å². The van der Waals surface area contributed by atoms with Gasteiger partial charge in [0, 0.05) is 63.3 Å². The van der Waals surface area contributed by atoms with Crippen LogP contribution >= 0.6 is 11.3 Å². The van der Waals surface area contributed by atoms with Crippen LogP contribution in [0, 0.1) is 5.92 Å². The Hall–Kier alpha value is -2.36. The summed E-state index contributed by atoms with van der Waals surface area (Å²) in [4.78, 5) is 28.3. The predicted molar refractivity (Wildman–Crippen MR) is 159 cm³/mol. The number of hydrogen-bond donors (Lipinski definition) is 1. The lowest BCUT2D eigenvalue weighted by atomic mass is 9.84. The SMILES string of the molecule is O=C(N[C@H]1CC[C@H](CCN2CCN(c3cc(-c4cccs4)cc(N4CCOCC4)n3)CC2)CC1)N1CCCC1. The number of ether oxygens (including phenoxy) is 1. The molecule has 9 heteroatoms. The molecule has 6 rings (SSSR count). The summed E-state index contributed by atoms with van der Waals surface area (Å²) in [6, 6.07) is 9.42. The molecule has 2 aromatic heterocycles. The molecule has 0 bridgehead atoms. The van der Waals surface area contributed by atoms with E-state index in [1.165, 1.54) is 36.2 Å². The van der Waals surface area contributed by atoms with Gasteiger partial charge >= 0.3 is 6.03 Å². The van der Waals surface area contributed by atoms with E-state index in [0.29, 0.717) is 6.04 Å². The Bertz CT molecular complexity index is 1050. The van der Waals surface area contributed by atoms with Crippen molar-refractivity contribution in [3.63, 3.8) is 0 Å². The minimum absolute atomic E-state index is 0.168. The van der Waals surface area contributed by atoms with E-state index in [-0.39, 0.29) is 6.03 Å². The fourth-order valence-corrected chi connectivity index (χ4v) is 7.27. The van der Waals surface area contributed by atoms with E-state index in [1.54, 1.807) is 11.3 Å². The van der Waals surface area contributed by atoms with E-state index in [9.17, 15) is 4.79 Å². The van der Waals surface area contributed by atoms with Crippen LogP contribution in [-0.2, 0) is 4.74 Å². The molecule has 1 aliphatic carbocycles. The zero-order valence-electron chi connectivity index (χ0n) is 23.2. The van der Waals surface area contributed by atoms with E-state index in [0.717, 1.165) is 109 Å². The maximum absolute atomic E-state index is 12.4. The van der Waals surface area contributed by atoms with E-state index >= 15 is 0 Å². The molecule has 0 aromatic carbocycles. The van der Waals surface area contributed by atoms with Gasteiger partial charge in [0.05, 0.1) is 13.2 Å². The largest absolute Gasteiger partial charge is 0.378 e.